The van der Waals surface area contributed by atoms with Gasteiger partial charge in [-0.25, -0.2) is 0 Å². The first kappa shape index (κ1) is 30.2. The monoisotopic (exact) mass is 622 g/mol. The van der Waals surface area contributed by atoms with Crippen LogP contribution in [0.1, 0.15) is 50.0 Å². The van der Waals surface area contributed by atoms with Crippen LogP contribution in [0, 0.1) is 17.8 Å². The average molecular weight is 623 g/mol. The Labute approximate surface area is 252 Å². The highest BCUT2D eigenvalue weighted by atomic mass is 35.5. The maximum Gasteiger partial charge on any atom is 0.303 e. The number of phenolic OH excluding ortho intramolecular Hbond substituents is 1. The molecule has 0 unspecified atom stereocenters. The van der Waals surface area contributed by atoms with Crippen molar-refractivity contribution in [2.24, 2.45) is 17.8 Å². The maximum atomic E-state index is 13.9. The molecule has 11 nitrogen and oxygen atoms in total. The van der Waals surface area contributed by atoms with E-state index in [-0.39, 0.29) is 54.5 Å². The number of unbranched alkanes of at least 4 members (excludes halogenated alkanes) is 2. The summed E-state index contributed by atoms with van der Waals surface area (Å²) in [6, 6.07) is 2.68. The number of aliphatic carboxylic acids is 1. The summed E-state index contributed by atoms with van der Waals surface area (Å²) < 4.78 is 11.2. The minimum absolute atomic E-state index is 0.00719. The van der Waals surface area contributed by atoms with E-state index in [0.717, 1.165) is 4.90 Å². The standard InChI is InChI=1S/C29H32Cl2N2O9/c1-32-26(39)28(30)13-17-15(8-9-16-21(17)25(38)33(24(16)37)10-6-4-5-7-20(35)36)23(29(28,31)27(32)40)22-18(41-2)11-14(34)12-19(22)42-3/h8,11-12,16-17,21,23,34H,4-7,9-10,13H2,1-3H3,(H,35,36)/t16-,17+,21-,23+,28+,29-/m0/s1. The summed E-state index contributed by atoms with van der Waals surface area (Å²) in [5, 5.41) is 19.2. The number of ether oxygens (including phenoxy) is 2. The molecule has 4 aliphatic rings. The number of rotatable bonds is 9. The van der Waals surface area contributed by atoms with Gasteiger partial charge in [0.2, 0.25) is 11.8 Å². The molecule has 4 amide bonds. The van der Waals surface area contributed by atoms with Gasteiger partial charge in [-0.1, -0.05) is 18.1 Å². The summed E-state index contributed by atoms with van der Waals surface area (Å²) >= 11 is 14.4. The maximum absolute atomic E-state index is 13.9. The number of nitrogens with zero attached hydrogens (tertiary/aromatic N) is 2. The zero-order valence-electron chi connectivity index (χ0n) is 23.4. The Bertz CT molecular complexity index is 1390. The molecule has 13 heteroatoms. The van der Waals surface area contributed by atoms with Gasteiger partial charge in [0.1, 0.15) is 17.2 Å². The zero-order chi connectivity index (χ0) is 30.7. The van der Waals surface area contributed by atoms with Crippen molar-refractivity contribution in [2.45, 2.75) is 54.2 Å². The molecule has 5 rings (SSSR count). The largest absolute Gasteiger partial charge is 0.508 e. The number of carbonyl (C=O) groups is 5. The molecule has 0 radical (unpaired) electrons. The second-order valence-electron chi connectivity index (χ2n) is 11.3. The van der Waals surface area contributed by atoms with Gasteiger partial charge >= 0.3 is 5.97 Å². The quantitative estimate of drug-likeness (QED) is 0.183. The molecule has 0 spiro atoms. The summed E-state index contributed by atoms with van der Waals surface area (Å²) in [4.78, 5) is 63.7. The minimum Gasteiger partial charge on any atom is -0.508 e. The molecule has 226 valence electrons. The zero-order valence-corrected chi connectivity index (χ0v) is 24.9. The number of hydrogen-bond donors (Lipinski definition) is 2. The van der Waals surface area contributed by atoms with Crippen LogP contribution in [0.2, 0.25) is 0 Å². The predicted molar refractivity (Wildman–Crippen MR) is 150 cm³/mol. The number of carbonyl (C=O) groups excluding carboxylic acids is 4. The van der Waals surface area contributed by atoms with Crippen LogP contribution in [0.5, 0.6) is 17.2 Å². The fourth-order valence-corrected chi connectivity index (χ4v) is 8.28. The third kappa shape index (κ3) is 4.18. The molecule has 1 aromatic carbocycles. The van der Waals surface area contributed by atoms with Crippen LogP contribution < -0.4 is 9.47 Å². The lowest BCUT2D eigenvalue weighted by atomic mass is 9.56. The normalized spacial score (nSPS) is 32.0. The van der Waals surface area contributed by atoms with Gasteiger partial charge in [0.15, 0.2) is 9.75 Å². The Balaban J connectivity index is 1.60. The lowest BCUT2D eigenvalue weighted by Gasteiger charge is -2.51. The third-order valence-electron chi connectivity index (χ3n) is 9.20. The summed E-state index contributed by atoms with van der Waals surface area (Å²) in [6.07, 6.45) is 3.30. The van der Waals surface area contributed by atoms with E-state index < -0.39 is 57.1 Å². The third-order valence-corrected chi connectivity index (χ3v) is 10.6. The van der Waals surface area contributed by atoms with Crippen molar-refractivity contribution in [2.75, 3.05) is 27.8 Å². The Morgan fingerprint density at radius 2 is 1.64 bits per heavy atom. The molecule has 2 heterocycles. The number of alkyl halides is 2. The summed E-state index contributed by atoms with van der Waals surface area (Å²) in [6.45, 7) is 0.154. The summed E-state index contributed by atoms with van der Waals surface area (Å²) in [5.74, 6) is -6.25. The molecule has 2 aliphatic heterocycles. The fourth-order valence-electron chi connectivity index (χ4n) is 7.28. The molecule has 0 aromatic heterocycles. The number of methoxy groups -OCH3 is 2. The number of carboxylic acid groups (broad SMARTS) is 1. The Kier molecular flexibility index (Phi) is 7.72. The van der Waals surface area contributed by atoms with Crippen LogP contribution in [0.4, 0.5) is 0 Å². The summed E-state index contributed by atoms with van der Waals surface area (Å²) in [7, 11) is 4.05. The van der Waals surface area contributed by atoms with E-state index >= 15 is 0 Å². The first-order chi connectivity index (χ1) is 19.8. The van der Waals surface area contributed by atoms with Gasteiger partial charge in [-0.15, -0.1) is 23.2 Å². The van der Waals surface area contributed by atoms with Gasteiger partial charge in [0.05, 0.1) is 26.1 Å². The van der Waals surface area contributed by atoms with Crippen LogP contribution in [0.3, 0.4) is 0 Å². The number of aromatic hydroxyl groups is 1. The predicted octanol–water partition coefficient (Wildman–Crippen LogP) is 3.04. The topological polar surface area (TPSA) is 151 Å². The highest BCUT2D eigenvalue weighted by molar-refractivity contribution is 6.53. The Morgan fingerprint density at radius 1 is 1.00 bits per heavy atom. The number of halogens is 2. The molecule has 1 saturated carbocycles. The van der Waals surface area contributed by atoms with Gasteiger partial charge in [-0.2, -0.15) is 0 Å². The highest BCUT2D eigenvalue weighted by Crippen LogP contribution is 2.67. The minimum atomic E-state index is -2.03. The highest BCUT2D eigenvalue weighted by Gasteiger charge is 2.76. The number of amides is 4. The van der Waals surface area contributed by atoms with Gasteiger partial charge in [-0.3, -0.25) is 33.8 Å². The number of hydrogen-bond acceptors (Lipinski definition) is 8. The lowest BCUT2D eigenvalue weighted by molar-refractivity contribution is -0.141. The number of allylic oxidation sites excluding steroid dienone is 2. The van der Waals surface area contributed by atoms with Crippen molar-refractivity contribution in [3.05, 3.63) is 29.3 Å². The van der Waals surface area contributed by atoms with Crippen LogP contribution in [0.25, 0.3) is 0 Å². The first-order valence-corrected chi connectivity index (χ1v) is 14.5. The van der Waals surface area contributed by atoms with Crippen LogP contribution in [0.15, 0.2) is 23.8 Å². The smallest absolute Gasteiger partial charge is 0.303 e. The molecule has 0 bridgehead atoms. The molecule has 3 fully saturated rings. The van der Waals surface area contributed by atoms with Crippen LogP contribution in [-0.4, -0.2) is 87.2 Å². The number of phenols is 1. The van der Waals surface area contributed by atoms with Gasteiger partial charge in [0, 0.05) is 43.6 Å². The van der Waals surface area contributed by atoms with Crippen molar-refractivity contribution in [1.82, 2.24) is 9.80 Å². The number of benzene rings is 1. The molecular weight excluding hydrogens is 591 g/mol. The van der Waals surface area contributed by atoms with Crippen molar-refractivity contribution in [3.8, 4) is 17.2 Å². The molecule has 1 aromatic rings. The van der Waals surface area contributed by atoms with Gasteiger partial charge < -0.3 is 19.7 Å². The van der Waals surface area contributed by atoms with Crippen LogP contribution >= 0.6 is 23.2 Å². The molecular formula is C29H32Cl2N2O9. The van der Waals surface area contributed by atoms with E-state index in [1.165, 1.54) is 38.3 Å². The van der Waals surface area contributed by atoms with E-state index in [4.69, 9.17) is 37.8 Å². The summed E-state index contributed by atoms with van der Waals surface area (Å²) in [5.41, 5.74) is 0.862. The van der Waals surface area contributed by atoms with Crippen molar-refractivity contribution < 1.29 is 43.7 Å². The van der Waals surface area contributed by atoms with E-state index in [0.29, 0.717) is 24.8 Å². The second kappa shape index (κ2) is 10.8. The number of imide groups is 2. The SMILES string of the molecule is COc1cc(O)cc(OC)c1[C@H]1C2=CC[C@@H]3C(=O)N(CCCCCC(=O)O)C(=O)[C@@H]3[C@@H]2C[C@@]2(Cl)C(=O)N(C)C(=O)[C@@]12Cl. The average Bonchev–Trinajstić information content (AvgIpc) is 3.27. The van der Waals surface area contributed by atoms with E-state index in [9.17, 15) is 29.1 Å². The second-order valence-corrected chi connectivity index (χ2v) is 12.5. The first-order valence-electron chi connectivity index (χ1n) is 13.8. The molecule has 2 saturated heterocycles. The number of likely N-dealkylation sites (tertiary alicyclic amines) is 2. The molecule has 2 N–H and O–H groups in total. The van der Waals surface area contributed by atoms with Crippen molar-refractivity contribution >= 4 is 52.8 Å². The Morgan fingerprint density at radius 3 is 2.24 bits per heavy atom. The van der Waals surface area contributed by atoms with E-state index in [1.807, 2.05) is 0 Å². The van der Waals surface area contributed by atoms with Crippen molar-refractivity contribution in [1.29, 1.82) is 0 Å². The van der Waals surface area contributed by atoms with Gasteiger partial charge in [-0.05, 0) is 31.6 Å². The molecule has 42 heavy (non-hydrogen) atoms. The number of carboxylic acids is 1. The lowest BCUT2D eigenvalue weighted by Crippen LogP contribution is -2.60. The van der Waals surface area contributed by atoms with Crippen LogP contribution in [-0.2, 0) is 24.0 Å². The van der Waals surface area contributed by atoms with E-state index in [1.54, 1.807) is 6.08 Å². The van der Waals surface area contributed by atoms with Crippen molar-refractivity contribution in [3.63, 3.8) is 0 Å². The Hall–Kier alpha value is -3.31. The fraction of sp³-hybridized carbons (Fsp3) is 0.552. The molecule has 6 atom stereocenters. The van der Waals surface area contributed by atoms with E-state index in [2.05, 4.69) is 0 Å². The molecule has 2 aliphatic carbocycles. The van der Waals surface area contributed by atoms with Gasteiger partial charge in [0.25, 0.3) is 11.8 Å². The number of fused-ring (bicyclic) bond motifs is 4.